The molecule has 2 atom stereocenters. The third-order valence-electron chi connectivity index (χ3n) is 3.13. The van der Waals surface area contributed by atoms with Crippen molar-refractivity contribution in [2.45, 2.75) is 31.0 Å². The summed E-state index contributed by atoms with van der Waals surface area (Å²) in [7, 11) is 0. The van der Waals surface area contributed by atoms with Gasteiger partial charge in [-0.05, 0) is 25.0 Å². The van der Waals surface area contributed by atoms with Crippen LogP contribution in [0.15, 0.2) is 12.1 Å². The highest BCUT2D eigenvalue weighted by Gasteiger charge is 2.41. The molecule has 1 aromatic rings. The van der Waals surface area contributed by atoms with Crippen LogP contribution in [0.5, 0.6) is 0 Å². The van der Waals surface area contributed by atoms with Crippen LogP contribution >= 0.6 is 0 Å². The van der Waals surface area contributed by atoms with Crippen LogP contribution < -0.4 is 5.32 Å². The Labute approximate surface area is 106 Å². The van der Waals surface area contributed by atoms with Crippen LogP contribution in [0.3, 0.4) is 0 Å². The summed E-state index contributed by atoms with van der Waals surface area (Å²) in [5.74, 6) is -1.35. The van der Waals surface area contributed by atoms with Crippen LogP contribution in [0.4, 0.5) is 13.2 Å². The molecule has 1 fully saturated rings. The predicted octanol–water partition coefficient (Wildman–Crippen LogP) is 1.57. The molecule has 0 radical (unpaired) electrons. The average molecular weight is 275 g/mol. The van der Waals surface area contributed by atoms with Crippen molar-refractivity contribution in [1.29, 1.82) is 0 Å². The molecule has 1 aliphatic heterocycles. The molecule has 0 aromatic carbocycles. The van der Waals surface area contributed by atoms with E-state index in [-0.39, 0.29) is 24.6 Å². The first-order valence-corrected chi connectivity index (χ1v) is 5.75. The molecule has 0 amide bonds. The molecule has 2 N–H and O–H groups in total. The molecule has 0 bridgehead atoms. The standard InChI is InChI=1S/C11H12F3N3O2/c12-11(13,14)9-4-1-6(5-15-9)7-2-3-8(10(18)19)17-16-7/h2-3,6,9,15H,1,4-5H2,(H,18,19). The van der Waals surface area contributed by atoms with E-state index in [4.69, 9.17) is 5.11 Å². The highest BCUT2D eigenvalue weighted by molar-refractivity contribution is 5.84. The lowest BCUT2D eigenvalue weighted by atomic mass is 9.91. The molecule has 2 unspecified atom stereocenters. The number of alkyl halides is 3. The van der Waals surface area contributed by atoms with Gasteiger partial charge in [0.1, 0.15) is 6.04 Å². The van der Waals surface area contributed by atoms with Crippen LogP contribution in [0.1, 0.15) is 34.9 Å². The minimum absolute atomic E-state index is 0.0173. The Hall–Kier alpha value is -1.70. The largest absolute Gasteiger partial charge is 0.476 e. The number of nitrogens with one attached hydrogen (secondary N) is 1. The molecule has 0 saturated carbocycles. The number of aromatic nitrogens is 2. The minimum Gasteiger partial charge on any atom is -0.476 e. The Morgan fingerprint density at radius 1 is 1.32 bits per heavy atom. The van der Waals surface area contributed by atoms with Crippen molar-refractivity contribution in [3.8, 4) is 0 Å². The van der Waals surface area contributed by atoms with Crippen molar-refractivity contribution in [2.24, 2.45) is 0 Å². The van der Waals surface area contributed by atoms with Crippen LogP contribution in [0, 0.1) is 0 Å². The molecule has 5 nitrogen and oxygen atoms in total. The first-order chi connectivity index (χ1) is 8.88. The van der Waals surface area contributed by atoms with E-state index in [1.165, 1.54) is 12.1 Å². The third kappa shape index (κ3) is 3.19. The van der Waals surface area contributed by atoms with Gasteiger partial charge in [0.2, 0.25) is 0 Å². The van der Waals surface area contributed by atoms with Gasteiger partial charge in [0.05, 0.1) is 5.69 Å². The Morgan fingerprint density at radius 3 is 2.47 bits per heavy atom. The molecule has 1 saturated heterocycles. The van der Waals surface area contributed by atoms with Gasteiger partial charge in [0.25, 0.3) is 0 Å². The van der Waals surface area contributed by atoms with Crippen LogP contribution in [-0.4, -0.2) is 40.0 Å². The molecule has 0 spiro atoms. The number of carboxylic acids is 1. The quantitative estimate of drug-likeness (QED) is 0.857. The number of halogens is 3. The molecular weight excluding hydrogens is 263 g/mol. The molecular formula is C11H12F3N3O2. The lowest BCUT2D eigenvalue weighted by molar-refractivity contribution is -0.160. The van der Waals surface area contributed by atoms with E-state index in [0.717, 1.165) is 0 Å². The summed E-state index contributed by atoms with van der Waals surface area (Å²) in [6, 6.07) is 1.33. The van der Waals surface area contributed by atoms with Crippen molar-refractivity contribution in [1.82, 2.24) is 15.5 Å². The number of hydrogen-bond acceptors (Lipinski definition) is 4. The number of nitrogens with zero attached hydrogens (tertiary/aromatic N) is 2. The van der Waals surface area contributed by atoms with E-state index in [1.807, 2.05) is 0 Å². The van der Waals surface area contributed by atoms with Gasteiger partial charge < -0.3 is 10.4 Å². The SMILES string of the molecule is O=C(O)c1ccc(C2CCC(C(F)(F)F)NC2)nn1. The number of aromatic carboxylic acids is 1. The number of hydrogen-bond donors (Lipinski definition) is 2. The summed E-state index contributed by atoms with van der Waals surface area (Å²) < 4.78 is 37.4. The molecule has 1 aromatic heterocycles. The maximum atomic E-state index is 12.5. The van der Waals surface area contributed by atoms with Gasteiger partial charge in [0.15, 0.2) is 5.69 Å². The van der Waals surface area contributed by atoms with Gasteiger partial charge >= 0.3 is 12.1 Å². The number of carbonyl (C=O) groups is 1. The monoisotopic (exact) mass is 275 g/mol. The van der Waals surface area contributed by atoms with E-state index >= 15 is 0 Å². The van der Waals surface area contributed by atoms with Crippen molar-refractivity contribution < 1.29 is 23.1 Å². The fourth-order valence-electron chi connectivity index (χ4n) is 2.06. The first-order valence-electron chi connectivity index (χ1n) is 5.75. The molecule has 104 valence electrons. The number of carboxylic acid groups (broad SMARTS) is 1. The Morgan fingerprint density at radius 2 is 2.05 bits per heavy atom. The van der Waals surface area contributed by atoms with Gasteiger partial charge in [-0.3, -0.25) is 0 Å². The van der Waals surface area contributed by atoms with Gasteiger partial charge in [0, 0.05) is 12.5 Å². The molecule has 2 heterocycles. The zero-order chi connectivity index (χ0) is 14.0. The smallest absolute Gasteiger partial charge is 0.403 e. The third-order valence-corrected chi connectivity index (χ3v) is 3.13. The first kappa shape index (κ1) is 13.7. The van der Waals surface area contributed by atoms with Crippen LogP contribution in [0.25, 0.3) is 0 Å². The molecule has 8 heteroatoms. The summed E-state index contributed by atoms with van der Waals surface area (Å²) >= 11 is 0. The normalized spacial score (nSPS) is 24.2. The maximum Gasteiger partial charge on any atom is 0.403 e. The van der Waals surface area contributed by atoms with Crippen molar-refractivity contribution in [3.63, 3.8) is 0 Å². The van der Waals surface area contributed by atoms with E-state index in [9.17, 15) is 18.0 Å². The summed E-state index contributed by atoms with van der Waals surface area (Å²) in [5.41, 5.74) is 0.332. The van der Waals surface area contributed by atoms with Gasteiger partial charge in [-0.2, -0.15) is 18.3 Å². The Kier molecular flexibility index (Phi) is 3.70. The van der Waals surface area contributed by atoms with Crippen LogP contribution in [0.2, 0.25) is 0 Å². The lowest BCUT2D eigenvalue weighted by Crippen LogP contribution is -2.47. The summed E-state index contributed by atoms with van der Waals surface area (Å²) in [6.45, 7) is 0.158. The zero-order valence-electron chi connectivity index (χ0n) is 9.81. The highest BCUT2D eigenvalue weighted by atomic mass is 19.4. The van der Waals surface area contributed by atoms with Crippen molar-refractivity contribution in [2.75, 3.05) is 6.54 Å². The average Bonchev–Trinajstić information content (AvgIpc) is 2.38. The second kappa shape index (κ2) is 5.12. The molecule has 1 aliphatic rings. The fraction of sp³-hybridized carbons (Fsp3) is 0.545. The van der Waals surface area contributed by atoms with Gasteiger partial charge in [-0.15, -0.1) is 5.10 Å². The number of piperidine rings is 1. The second-order valence-electron chi connectivity index (χ2n) is 4.43. The van der Waals surface area contributed by atoms with Gasteiger partial charge in [-0.1, -0.05) is 0 Å². The lowest BCUT2D eigenvalue weighted by Gasteiger charge is -2.30. The predicted molar refractivity (Wildman–Crippen MR) is 58.8 cm³/mol. The van der Waals surface area contributed by atoms with Crippen molar-refractivity contribution >= 4 is 5.97 Å². The zero-order valence-corrected chi connectivity index (χ0v) is 9.81. The number of rotatable bonds is 2. The minimum atomic E-state index is -4.23. The van der Waals surface area contributed by atoms with Gasteiger partial charge in [-0.25, -0.2) is 4.79 Å². The highest BCUT2D eigenvalue weighted by Crippen LogP contribution is 2.31. The molecule has 0 aliphatic carbocycles. The summed E-state index contributed by atoms with van der Waals surface area (Å²) in [4.78, 5) is 10.6. The maximum absolute atomic E-state index is 12.5. The Bertz CT molecular complexity index is 453. The van der Waals surface area contributed by atoms with Crippen molar-refractivity contribution in [3.05, 3.63) is 23.5 Å². The molecule has 19 heavy (non-hydrogen) atoms. The van der Waals surface area contributed by atoms with E-state index < -0.39 is 18.2 Å². The topological polar surface area (TPSA) is 75.1 Å². The summed E-state index contributed by atoms with van der Waals surface area (Å²) in [6.07, 6.45) is -3.90. The Balaban J connectivity index is 2.00. The van der Waals surface area contributed by atoms with E-state index in [0.29, 0.717) is 12.1 Å². The fourth-order valence-corrected chi connectivity index (χ4v) is 2.06. The molecule has 2 rings (SSSR count). The second-order valence-corrected chi connectivity index (χ2v) is 4.43. The van der Waals surface area contributed by atoms with Crippen LogP contribution in [-0.2, 0) is 0 Å². The summed E-state index contributed by atoms with van der Waals surface area (Å²) in [5, 5.41) is 18.4. The van der Waals surface area contributed by atoms with E-state index in [1.54, 1.807) is 0 Å². The van der Waals surface area contributed by atoms with E-state index in [2.05, 4.69) is 15.5 Å².